The summed E-state index contributed by atoms with van der Waals surface area (Å²) in [5.74, 6) is -0.335. The molecule has 0 aromatic heterocycles. The molecule has 2 aromatic carbocycles. The average molecular weight is 429 g/mol. The molecule has 1 heterocycles. The monoisotopic (exact) mass is 428 g/mol. The van der Waals surface area contributed by atoms with E-state index in [0.29, 0.717) is 23.7 Å². The van der Waals surface area contributed by atoms with Crippen molar-refractivity contribution in [3.63, 3.8) is 0 Å². The summed E-state index contributed by atoms with van der Waals surface area (Å²) in [5.41, 5.74) is 3.06. The minimum Gasteiger partial charge on any atom is -0.340 e. The third-order valence-electron chi connectivity index (χ3n) is 5.82. The topological polar surface area (TPSA) is 53.9 Å². The van der Waals surface area contributed by atoms with Gasteiger partial charge in [0.1, 0.15) is 12.6 Å². The second-order valence-corrected chi connectivity index (χ2v) is 8.76. The highest BCUT2D eigenvalue weighted by Crippen LogP contribution is 2.16. The number of amides is 2. The number of hydrogen-bond acceptors (Lipinski definition) is 2. The molecule has 2 amide bonds. The van der Waals surface area contributed by atoms with Crippen LogP contribution in [-0.4, -0.2) is 48.9 Å². The van der Waals surface area contributed by atoms with Crippen LogP contribution in [0, 0.1) is 12.8 Å². The maximum atomic E-state index is 13.2. The van der Waals surface area contributed by atoms with Crippen molar-refractivity contribution in [2.45, 2.75) is 33.4 Å². The lowest BCUT2D eigenvalue weighted by molar-refractivity contribution is -0.917. The minimum atomic E-state index is -0.563. The normalized spacial score (nSPS) is 15.8. The van der Waals surface area contributed by atoms with E-state index >= 15 is 0 Å². The fourth-order valence-electron chi connectivity index (χ4n) is 3.87. The molecule has 0 unspecified atom stereocenters. The SMILES string of the molecule is Cc1ccccc1C[NH+]1CCN(C(=O)[C@@H](NC(=O)c2ccccc2Cl)C(C)C)CC1. The largest absolute Gasteiger partial charge is 0.340 e. The first-order valence-corrected chi connectivity index (χ1v) is 11.0. The van der Waals surface area contributed by atoms with Gasteiger partial charge in [0.2, 0.25) is 5.91 Å². The van der Waals surface area contributed by atoms with Crippen LogP contribution >= 0.6 is 11.6 Å². The van der Waals surface area contributed by atoms with Gasteiger partial charge in [-0.05, 0) is 30.5 Å². The van der Waals surface area contributed by atoms with Gasteiger partial charge in [-0.2, -0.15) is 0 Å². The van der Waals surface area contributed by atoms with Crippen LogP contribution in [0.5, 0.6) is 0 Å². The molecule has 6 heteroatoms. The van der Waals surface area contributed by atoms with Gasteiger partial charge in [0.15, 0.2) is 0 Å². The summed E-state index contributed by atoms with van der Waals surface area (Å²) in [7, 11) is 0. The van der Waals surface area contributed by atoms with Crippen LogP contribution in [0.1, 0.15) is 35.3 Å². The first kappa shape index (κ1) is 22.3. The molecular formula is C24H31ClN3O2+. The van der Waals surface area contributed by atoms with E-state index in [0.717, 1.165) is 19.6 Å². The van der Waals surface area contributed by atoms with Gasteiger partial charge >= 0.3 is 0 Å². The van der Waals surface area contributed by atoms with E-state index in [2.05, 4.69) is 36.5 Å². The molecule has 1 fully saturated rings. The Kier molecular flexibility index (Phi) is 7.51. The van der Waals surface area contributed by atoms with E-state index < -0.39 is 6.04 Å². The van der Waals surface area contributed by atoms with Gasteiger partial charge < -0.3 is 15.1 Å². The Hall–Kier alpha value is -2.37. The smallest absolute Gasteiger partial charge is 0.253 e. The van der Waals surface area contributed by atoms with E-state index in [1.807, 2.05) is 18.7 Å². The molecule has 0 bridgehead atoms. The van der Waals surface area contributed by atoms with Crippen LogP contribution in [0.3, 0.4) is 0 Å². The first-order chi connectivity index (χ1) is 14.4. The number of carbonyl (C=O) groups excluding carboxylic acids is 2. The number of nitrogens with one attached hydrogen (secondary N) is 2. The number of rotatable bonds is 6. The van der Waals surface area contributed by atoms with Crippen molar-refractivity contribution in [3.8, 4) is 0 Å². The second-order valence-electron chi connectivity index (χ2n) is 8.35. The third-order valence-corrected chi connectivity index (χ3v) is 6.15. The van der Waals surface area contributed by atoms with Crippen LogP contribution in [0.25, 0.3) is 0 Å². The predicted molar refractivity (Wildman–Crippen MR) is 120 cm³/mol. The fraction of sp³-hybridized carbons (Fsp3) is 0.417. The molecular weight excluding hydrogens is 398 g/mol. The van der Waals surface area contributed by atoms with Gasteiger partial charge in [0.25, 0.3) is 5.91 Å². The predicted octanol–water partition coefficient (Wildman–Crippen LogP) is 2.33. The van der Waals surface area contributed by atoms with Crippen molar-refractivity contribution in [1.82, 2.24) is 10.2 Å². The van der Waals surface area contributed by atoms with Gasteiger partial charge in [0.05, 0.1) is 36.8 Å². The van der Waals surface area contributed by atoms with E-state index in [4.69, 9.17) is 11.6 Å². The van der Waals surface area contributed by atoms with Crippen molar-refractivity contribution < 1.29 is 14.5 Å². The van der Waals surface area contributed by atoms with Crippen molar-refractivity contribution >= 4 is 23.4 Å². The summed E-state index contributed by atoms with van der Waals surface area (Å²) in [6.45, 7) is 10.2. The molecule has 1 saturated heterocycles. The quantitative estimate of drug-likeness (QED) is 0.742. The van der Waals surface area contributed by atoms with Gasteiger partial charge in [-0.1, -0.05) is 61.8 Å². The van der Waals surface area contributed by atoms with Crippen molar-refractivity contribution in [2.75, 3.05) is 26.2 Å². The molecule has 2 N–H and O–H groups in total. The molecule has 0 radical (unpaired) electrons. The van der Waals surface area contributed by atoms with Gasteiger partial charge in [-0.25, -0.2) is 0 Å². The summed E-state index contributed by atoms with van der Waals surface area (Å²) in [6, 6.07) is 14.8. The number of halogens is 1. The summed E-state index contributed by atoms with van der Waals surface area (Å²) in [5, 5.41) is 3.30. The third kappa shape index (κ3) is 5.41. The lowest BCUT2D eigenvalue weighted by Gasteiger charge is -2.35. The van der Waals surface area contributed by atoms with Crippen molar-refractivity contribution in [1.29, 1.82) is 0 Å². The number of carbonyl (C=O) groups is 2. The lowest BCUT2D eigenvalue weighted by Crippen LogP contribution is -3.13. The summed E-state index contributed by atoms with van der Waals surface area (Å²) in [6.07, 6.45) is 0. The zero-order chi connectivity index (χ0) is 21.7. The highest BCUT2D eigenvalue weighted by Gasteiger charge is 2.32. The van der Waals surface area contributed by atoms with Gasteiger partial charge in [0, 0.05) is 5.56 Å². The molecule has 0 saturated carbocycles. The zero-order valence-corrected chi connectivity index (χ0v) is 18.7. The first-order valence-electron chi connectivity index (χ1n) is 10.6. The standard InChI is InChI=1S/C24H30ClN3O2/c1-17(2)22(26-23(29)20-10-6-7-11-21(20)25)24(30)28-14-12-27(13-15-28)16-19-9-5-4-8-18(19)3/h4-11,17,22H,12-16H2,1-3H3,(H,26,29)/p+1/t22-/m0/s1. The molecule has 3 rings (SSSR count). The fourth-order valence-corrected chi connectivity index (χ4v) is 4.09. The second kappa shape index (κ2) is 10.1. The summed E-state index contributed by atoms with van der Waals surface area (Å²) >= 11 is 6.15. The Morgan fingerprint density at radius 2 is 1.70 bits per heavy atom. The molecule has 160 valence electrons. The molecule has 5 nitrogen and oxygen atoms in total. The van der Waals surface area contributed by atoms with E-state index in [9.17, 15) is 9.59 Å². The molecule has 0 spiro atoms. The highest BCUT2D eigenvalue weighted by atomic mass is 35.5. The molecule has 1 atom stereocenters. The van der Waals surface area contributed by atoms with Crippen molar-refractivity contribution in [3.05, 3.63) is 70.2 Å². The van der Waals surface area contributed by atoms with Gasteiger partial charge in [-0.3, -0.25) is 9.59 Å². The summed E-state index contributed by atoms with van der Waals surface area (Å²) in [4.78, 5) is 29.2. The number of benzene rings is 2. The highest BCUT2D eigenvalue weighted by molar-refractivity contribution is 6.33. The maximum absolute atomic E-state index is 13.2. The van der Waals surface area contributed by atoms with Crippen LogP contribution in [0.4, 0.5) is 0 Å². The lowest BCUT2D eigenvalue weighted by atomic mass is 10.0. The Balaban J connectivity index is 1.59. The zero-order valence-electron chi connectivity index (χ0n) is 18.0. The molecule has 0 aliphatic carbocycles. The van der Waals surface area contributed by atoms with Crippen LogP contribution in [0.15, 0.2) is 48.5 Å². The Morgan fingerprint density at radius 1 is 1.07 bits per heavy atom. The average Bonchev–Trinajstić information content (AvgIpc) is 2.73. The van der Waals surface area contributed by atoms with Crippen LogP contribution in [-0.2, 0) is 11.3 Å². The van der Waals surface area contributed by atoms with Crippen LogP contribution in [0.2, 0.25) is 5.02 Å². The molecule has 30 heavy (non-hydrogen) atoms. The van der Waals surface area contributed by atoms with Crippen molar-refractivity contribution in [2.24, 2.45) is 5.92 Å². The Bertz CT molecular complexity index is 892. The number of aryl methyl sites for hydroxylation is 1. The molecule has 1 aliphatic rings. The van der Waals surface area contributed by atoms with Crippen LogP contribution < -0.4 is 10.2 Å². The molecule has 2 aromatic rings. The van der Waals surface area contributed by atoms with E-state index in [1.165, 1.54) is 16.0 Å². The number of nitrogens with zero attached hydrogens (tertiary/aromatic N) is 1. The van der Waals surface area contributed by atoms with E-state index in [-0.39, 0.29) is 17.7 Å². The number of quaternary nitrogens is 1. The minimum absolute atomic E-state index is 0.0127. The number of hydrogen-bond donors (Lipinski definition) is 2. The Morgan fingerprint density at radius 3 is 2.33 bits per heavy atom. The maximum Gasteiger partial charge on any atom is 0.253 e. The summed E-state index contributed by atoms with van der Waals surface area (Å²) < 4.78 is 0. The number of piperazine rings is 1. The van der Waals surface area contributed by atoms with Gasteiger partial charge in [-0.15, -0.1) is 0 Å². The van der Waals surface area contributed by atoms with E-state index in [1.54, 1.807) is 24.3 Å². The molecule has 1 aliphatic heterocycles. The Labute approximate surface area is 184 Å².